The zero-order valence-electron chi connectivity index (χ0n) is 15.6. The Morgan fingerprint density at radius 2 is 1.50 bits per heavy atom. The summed E-state index contributed by atoms with van der Waals surface area (Å²) in [6.45, 7) is 6.01. The summed E-state index contributed by atoms with van der Waals surface area (Å²) in [5.41, 5.74) is 0.551. The van der Waals surface area contributed by atoms with Crippen molar-refractivity contribution in [2.24, 2.45) is 0 Å². The largest absolute Gasteiger partial charge is 0.373 e. The Morgan fingerprint density at radius 1 is 0.962 bits per heavy atom. The number of hydrogen-bond acceptors (Lipinski definition) is 4. The highest BCUT2D eigenvalue weighted by Crippen LogP contribution is 2.22. The number of sulfonamides is 1. The minimum atomic E-state index is -3.57. The lowest BCUT2D eigenvalue weighted by atomic mass is 10.2. The van der Waals surface area contributed by atoms with Crippen LogP contribution in [-0.4, -0.2) is 61.9 Å². The number of likely N-dealkylation sites (tertiary alicyclic amines) is 1. The van der Waals surface area contributed by atoms with E-state index in [1.54, 1.807) is 24.3 Å². The van der Waals surface area contributed by atoms with Crippen molar-refractivity contribution in [1.29, 1.82) is 0 Å². The fourth-order valence-corrected chi connectivity index (χ4v) is 5.29. The smallest absolute Gasteiger partial charge is 0.253 e. The van der Waals surface area contributed by atoms with Gasteiger partial charge >= 0.3 is 0 Å². The molecule has 2 aliphatic heterocycles. The second-order valence-electron chi connectivity index (χ2n) is 7.31. The van der Waals surface area contributed by atoms with Gasteiger partial charge in [0.1, 0.15) is 0 Å². The van der Waals surface area contributed by atoms with Gasteiger partial charge in [-0.05, 0) is 51.0 Å². The average molecular weight is 381 g/mol. The van der Waals surface area contributed by atoms with E-state index in [9.17, 15) is 13.2 Å². The molecular formula is C19H28N2O4S. The van der Waals surface area contributed by atoms with Crippen LogP contribution >= 0.6 is 0 Å². The molecule has 0 saturated carbocycles. The second kappa shape index (κ2) is 8.06. The van der Waals surface area contributed by atoms with Gasteiger partial charge in [0.15, 0.2) is 0 Å². The Bertz CT molecular complexity index is 714. The summed E-state index contributed by atoms with van der Waals surface area (Å²) in [4.78, 5) is 14.8. The molecule has 26 heavy (non-hydrogen) atoms. The number of nitrogens with zero attached hydrogens (tertiary/aromatic N) is 2. The zero-order valence-corrected chi connectivity index (χ0v) is 16.4. The summed E-state index contributed by atoms with van der Waals surface area (Å²) in [6.07, 6.45) is 4.14. The molecule has 0 unspecified atom stereocenters. The molecule has 0 aliphatic carbocycles. The van der Waals surface area contributed by atoms with Crippen LogP contribution in [0.15, 0.2) is 29.2 Å². The lowest BCUT2D eigenvalue weighted by Gasteiger charge is -2.34. The topological polar surface area (TPSA) is 66.9 Å². The van der Waals surface area contributed by atoms with E-state index >= 15 is 0 Å². The van der Waals surface area contributed by atoms with E-state index in [1.807, 2.05) is 18.7 Å². The highest BCUT2D eigenvalue weighted by atomic mass is 32.2. The van der Waals surface area contributed by atoms with Crippen LogP contribution in [0.3, 0.4) is 0 Å². The van der Waals surface area contributed by atoms with Crippen LogP contribution in [-0.2, 0) is 14.8 Å². The Kier molecular flexibility index (Phi) is 5.99. The molecule has 2 saturated heterocycles. The molecule has 0 radical (unpaired) electrons. The molecule has 1 aromatic rings. The molecule has 0 bridgehead atoms. The summed E-state index contributed by atoms with van der Waals surface area (Å²) in [6, 6.07) is 6.36. The SMILES string of the molecule is C[C@@H]1CN(S(=O)(=O)c2ccc(C(=O)N3CCCCCC3)cc2)C[C@H](C)O1. The summed E-state index contributed by atoms with van der Waals surface area (Å²) >= 11 is 0. The van der Waals surface area contributed by atoms with Crippen molar-refractivity contribution in [3.8, 4) is 0 Å². The van der Waals surface area contributed by atoms with E-state index in [-0.39, 0.29) is 23.0 Å². The Morgan fingerprint density at radius 3 is 2.04 bits per heavy atom. The van der Waals surface area contributed by atoms with Crippen LogP contribution in [0.1, 0.15) is 49.9 Å². The molecule has 6 nitrogen and oxygen atoms in total. The first-order valence-electron chi connectivity index (χ1n) is 9.43. The Labute approximate surface area is 156 Å². The molecule has 0 aromatic heterocycles. The molecule has 7 heteroatoms. The second-order valence-corrected chi connectivity index (χ2v) is 9.25. The maximum absolute atomic E-state index is 12.9. The predicted molar refractivity (Wildman–Crippen MR) is 99.6 cm³/mol. The van der Waals surface area contributed by atoms with Gasteiger partial charge < -0.3 is 9.64 Å². The highest BCUT2D eigenvalue weighted by molar-refractivity contribution is 7.89. The number of ether oxygens (including phenoxy) is 1. The van der Waals surface area contributed by atoms with E-state index in [1.165, 1.54) is 4.31 Å². The van der Waals surface area contributed by atoms with Crippen LogP contribution in [0.25, 0.3) is 0 Å². The summed E-state index contributed by atoms with van der Waals surface area (Å²) < 4.78 is 32.9. The van der Waals surface area contributed by atoms with Crippen molar-refractivity contribution >= 4 is 15.9 Å². The zero-order chi connectivity index (χ0) is 18.7. The fourth-order valence-electron chi connectivity index (χ4n) is 3.70. The molecule has 0 spiro atoms. The van der Waals surface area contributed by atoms with Crippen LogP contribution in [0.4, 0.5) is 0 Å². The van der Waals surface area contributed by atoms with Crippen molar-refractivity contribution in [2.75, 3.05) is 26.2 Å². The lowest BCUT2D eigenvalue weighted by molar-refractivity contribution is -0.0440. The first-order chi connectivity index (χ1) is 12.4. The van der Waals surface area contributed by atoms with Gasteiger partial charge in [0, 0.05) is 31.7 Å². The van der Waals surface area contributed by atoms with Gasteiger partial charge in [0.25, 0.3) is 5.91 Å². The molecule has 2 atom stereocenters. The average Bonchev–Trinajstić information content (AvgIpc) is 2.90. The van der Waals surface area contributed by atoms with Gasteiger partial charge in [0.05, 0.1) is 17.1 Å². The van der Waals surface area contributed by atoms with Gasteiger partial charge in [-0.1, -0.05) is 12.8 Å². The molecular weight excluding hydrogens is 352 g/mol. The van der Waals surface area contributed by atoms with E-state index in [0.717, 1.165) is 38.8 Å². The number of hydrogen-bond donors (Lipinski definition) is 0. The number of carbonyl (C=O) groups excluding carboxylic acids is 1. The van der Waals surface area contributed by atoms with Crippen molar-refractivity contribution < 1.29 is 17.9 Å². The van der Waals surface area contributed by atoms with E-state index in [4.69, 9.17) is 4.74 Å². The number of morpholine rings is 1. The molecule has 0 N–H and O–H groups in total. The van der Waals surface area contributed by atoms with Gasteiger partial charge in [-0.15, -0.1) is 0 Å². The standard InChI is InChI=1S/C19H28N2O4S/c1-15-13-21(14-16(2)25-15)26(23,24)18-9-7-17(8-10-18)19(22)20-11-5-3-4-6-12-20/h7-10,15-16H,3-6,11-14H2,1-2H3/t15-,16+. The number of rotatable bonds is 3. The lowest BCUT2D eigenvalue weighted by Crippen LogP contribution is -2.48. The van der Waals surface area contributed by atoms with E-state index in [2.05, 4.69) is 0 Å². The first-order valence-corrected chi connectivity index (χ1v) is 10.9. The third-order valence-electron chi connectivity index (χ3n) is 5.02. The summed E-state index contributed by atoms with van der Waals surface area (Å²) in [7, 11) is -3.57. The van der Waals surface area contributed by atoms with E-state index in [0.29, 0.717) is 18.7 Å². The monoisotopic (exact) mass is 380 g/mol. The molecule has 2 heterocycles. The van der Waals surface area contributed by atoms with Gasteiger partial charge in [-0.25, -0.2) is 8.42 Å². The van der Waals surface area contributed by atoms with Crippen molar-refractivity contribution in [3.05, 3.63) is 29.8 Å². The maximum atomic E-state index is 12.9. The summed E-state index contributed by atoms with van der Waals surface area (Å²) in [5.74, 6) is -0.00975. The van der Waals surface area contributed by atoms with Crippen LogP contribution < -0.4 is 0 Å². The Balaban J connectivity index is 1.75. The third kappa shape index (κ3) is 4.27. The molecule has 1 aromatic carbocycles. The number of carbonyl (C=O) groups is 1. The van der Waals surface area contributed by atoms with Crippen molar-refractivity contribution in [1.82, 2.24) is 9.21 Å². The minimum Gasteiger partial charge on any atom is -0.373 e. The third-order valence-corrected chi connectivity index (χ3v) is 6.86. The maximum Gasteiger partial charge on any atom is 0.253 e. The van der Waals surface area contributed by atoms with Crippen LogP contribution in [0, 0.1) is 0 Å². The van der Waals surface area contributed by atoms with Crippen LogP contribution in [0.2, 0.25) is 0 Å². The molecule has 2 aliphatic rings. The highest BCUT2D eigenvalue weighted by Gasteiger charge is 2.32. The van der Waals surface area contributed by atoms with Gasteiger partial charge in [-0.2, -0.15) is 4.31 Å². The predicted octanol–water partition coefficient (Wildman–Crippen LogP) is 2.50. The number of benzene rings is 1. The molecule has 3 rings (SSSR count). The Hall–Kier alpha value is -1.44. The minimum absolute atomic E-state index is 0.00975. The first kappa shape index (κ1) is 19.3. The van der Waals surface area contributed by atoms with Gasteiger partial charge in [0.2, 0.25) is 10.0 Å². The summed E-state index contributed by atoms with van der Waals surface area (Å²) in [5, 5.41) is 0. The fraction of sp³-hybridized carbons (Fsp3) is 0.632. The van der Waals surface area contributed by atoms with Crippen molar-refractivity contribution in [3.63, 3.8) is 0 Å². The van der Waals surface area contributed by atoms with E-state index < -0.39 is 10.0 Å². The van der Waals surface area contributed by atoms with Crippen molar-refractivity contribution in [2.45, 2.75) is 56.6 Å². The van der Waals surface area contributed by atoms with Crippen LogP contribution in [0.5, 0.6) is 0 Å². The van der Waals surface area contributed by atoms with Gasteiger partial charge in [-0.3, -0.25) is 4.79 Å². The normalized spacial score (nSPS) is 25.7. The number of amides is 1. The molecule has 1 amide bonds. The quantitative estimate of drug-likeness (QED) is 0.808. The molecule has 2 fully saturated rings. The molecule has 144 valence electrons.